The predicted octanol–water partition coefficient (Wildman–Crippen LogP) is 3.35. The zero-order valence-corrected chi connectivity index (χ0v) is 11.7. The molecule has 0 aliphatic carbocycles. The third-order valence-electron chi connectivity index (χ3n) is 3.11. The Morgan fingerprint density at radius 3 is 2.57 bits per heavy atom. The van der Waals surface area contributed by atoms with E-state index in [1.54, 1.807) is 18.2 Å². The molecule has 0 aromatic heterocycles. The van der Waals surface area contributed by atoms with Crippen LogP contribution < -0.4 is 4.74 Å². The van der Waals surface area contributed by atoms with E-state index in [1.807, 2.05) is 0 Å². The van der Waals surface area contributed by atoms with Crippen LogP contribution in [-0.2, 0) is 11.3 Å². The van der Waals surface area contributed by atoms with Gasteiger partial charge in [0.1, 0.15) is 0 Å². The van der Waals surface area contributed by atoms with Gasteiger partial charge in [-0.25, -0.2) is 9.18 Å². The maximum absolute atomic E-state index is 13.8. The minimum absolute atomic E-state index is 0.123. The molecule has 5 heteroatoms. The van der Waals surface area contributed by atoms with Gasteiger partial charge in [0.05, 0.1) is 19.3 Å². The Hall–Kier alpha value is -2.40. The number of ether oxygens (including phenoxy) is 2. The molecule has 0 spiro atoms. The highest BCUT2D eigenvalue weighted by atomic mass is 19.1. The zero-order valence-electron chi connectivity index (χ0n) is 11.7. The number of hydrogen-bond donors (Lipinski definition) is 1. The Labute approximate surface area is 121 Å². The highest BCUT2D eigenvalue weighted by molar-refractivity contribution is 5.89. The van der Waals surface area contributed by atoms with Crippen LogP contribution in [-0.4, -0.2) is 25.3 Å². The molecule has 0 unspecified atom stereocenters. The third kappa shape index (κ3) is 3.03. The van der Waals surface area contributed by atoms with Gasteiger partial charge in [-0.15, -0.1) is 0 Å². The molecule has 21 heavy (non-hydrogen) atoms. The second kappa shape index (κ2) is 6.37. The summed E-state index contributed by atoms with van der Waals surface area (Å²) in [6.07, 6.45) is 0. The van der Waals surface area contributed by atoms with Crippen molar-refractivity contribution in [3.63, 3.8) is 0 Å². The lowest BCUT2D eigenvalue weighted by atomic mass is 9.97. The number of aromatic carboxylic acids is 1. The average Bonchev–Trinajstić information content (AvgIpc) is 2.47. The molecule has 1 N–H and O–H groups in total. The first-order valence-electron chi connectivity index (χ1n) is 6.26. The summed E-state index contributed by atoms with van der Waals surface area (Å²) >= 11 is 0. The minimum Gasteiger partial charge on any atom is -0.493 e. The first-order chi connectivity index (χ1) is 10.1. The summed E-state index contributed by atoms with van der Waals surface area (Å²) in [6, 6.07) is 9.23. The number of carbonyl (C=O) groups is 1. The van der Waals surface area contributed by atoms with Gasteiger partial charge in [-0.1, -0.05) is 18.2 Å². The Bertz CT molecular complexity index is 667. The summed E-state index contributed by atoms with van der Waals surface area (Å²) in [6.45, 7) is 0.218. The van der Waals surface area contributed by atoms with Crippen molar-refractivity contribution < 1.29 is 23.8 Å². The van der Waals surface area contributed by atoms with E-state index in [0.29, 0.717) is 16.7 Å². The van der Waals surface area contributed by atoms with Gasteiger partial charge in [0, 0.05) is 12.7 Å². The second-order valence-corrected chi connectivity index (χ2v) is 4.43. The number of carboxylic acid groups (broad SMARTS) is 1. The minimum atomic E-state index is -1.02. The van der Waals surface area contributed by atoms with E-state index < -0.39 is 11.8 Å². The van der Waals surface area contributed by atoms with Crippen LogP contribution in [0.15, 0.2) is 36.4 Å². The van der Waals surface area contributed by atoms with Crippen molar-refractivity contribution in [1.29, 1.82) is 0 Å². The molecule has 2 rings (SSSR count). The van der Waals surface area contributed by atoms with E-state index in [-0.39, 0.29) is 17.9 Å². The number of hydrogen-bond acceptors (Lipinski definition) is 3. The fourth-order valence-electron chi connectivity index (χ4n) is 2.19. The molecule has 0 bridgehead atoms. The Morgan fingerprint density at radius 1 is 1.19 bits per heavy atom. The molecule has 110 valence electrons. The summed E-state index contributed by atoms with van der Waals surface area (Å²) in [5.74, 6) is -1.37. The maximum atomic E-state index is 13.8. The smallest absolute Gasteiger partial charge is 0.335 e. The molecular formula is C16H15FO4. The van der Waals surface area contributed by atoms with E-state index in [9.17, 15) is 9.18 Å². The average molecular weight is 290 g/mol. The summed E-state index contributed by atoms with van der Waals surface area (Å²) in [5, 5.41) is 9.06. The van der Waals surface area contributed by atoms with Gasteiger partial charge in [-0.05, 0) is 29.3 Å². The van der Waals surface area contributed by atoms with Crippen molar-refractivity contribution in [3.8, 4) is 16.9 Å². The Kier molecular flexibility index (Phi) is 4.55. The number of halogens is 1. The summed E-state index contributed by atoms with van der Waals surface area (Å²) in [4.78, 5) is 11.1. The molecule has 2 aromatic rings. The van der Waals surface area contributed by atoms with E-state index >= 15 is 0 Å². The number of rotatable bonds is 5. The van der Waals surface area contributed by atoms with Crippen LogP contribution in [0.4, 0.5) is 4.39 Å². The quantitative estimate of drug-likeness (QED) is 0.917. The van der Waals surface area contributed by atoms with Gasteiger partial charge in [0.25, 0.3) is 0 Å². The SMILES string of the molecule is COCc1cc(C(=O)O)ccc1-c1cccc(F)c1OC. The fourth-order valence-corrected chi connectivity index (χ4v) is 2.19. The molecule has 0 atom stereocenters. The highest BCUT2D eigenvalue weighted by Gasteiger charge is 2.15. The van der Waals surface area contributed by atoms with Crippen LogP contribution in [0.2, 0.25) is 0 Å². The molecule has 0 amide bonds. The number of methoxy groups -OCH3 is 2. The molecular weight excluding hydrogens is 275 g/mol. The first-order valence-corrected chi connectivity index (χ1v) is 6.26. The second-order valence-electron chi connectivity index (χ2n) is 4.43. The van der Waals surface area contributed by atoms with Gasteiger partial charge in [0.2, 0.25) is 0 Å². The largest absolute Gasteiger partial charge is 0.493 e. The van der Waals surface area contributed by atoms with Crippen molar-refractivity contribution in [1.82, 2.24) is 0 Å². The zero-order chi connectivity index (χ0) is 15.4. The van der Waals surface area contributed by atoms with E-state index in [4.69, 9.17) is 14.6 Å². The molecule has 0 radical (unpaired) electrons. The molecule has 2 aromatic carbocycles. The molecule has 0 aliphatic rings. The molecule has 0 heterocycles. The summed E-state index contributed by atoms with van der Waals surface area (Å²) in [5.41, 5.74) is 2.04. The van der Waals surface area contributed by atoms with Crippen molar-refractivity contribution in [3.05, 3.63) is 53.3 Å². The summed E-state index contributed by atoms with van der Waals surface area (Å²) in [7, 11) is 2.91. The van der Waals surface area contributed by atoms with Crippen molar-refractivity contribution in [2.24, 2.45) is 0 Å². The van der Waals surface area contributed by atoms with Gasteiger partial charge in [0.15, 0.2) is 11.6 Å². The van der Waals surface area contributed by atoms with Crippen molar-refractivity contribution in [2.75, 3.05) is 14.2 Å². The summed E-state index contributed by atoms with van der Waals surface area (Å²) < 4.78 is 24.0. The molecule has 0 fully saturated rings. The monoisotopic (exact) mass is 290 g/mol. The third-order valence-corrected chi connectivity index (χ3v) is 3.11. The standard InChI is InChI=1S/C16H15FO4/c1-20-9-11-8-10(16(18)19)6-7-12(11)13-4-3-5-14(17)15(13)21-2/h3-8H,9H2,1-2H3,(H,18,19). The highest BCUT2D eigenvalue weighted by Crippen LogP contribution is 2.35. The molecule has 0 saturated heterocycles. The van der Waals surface area contributed by atoms with Crippen LogP contribution in [0.5, 0.6) is 5.75 Å². The van der Waals surface area contributed by atoms with Crippen LogP contribution in [0.25, 0.3) is 11.1 Å². The Balaban J connectivity index is 2.63. The van der Waals surface area contributed by atoms with Gasteiger partial charge in [-0.3, -0.25) is 0 Å². The predicted molar refractivity (Wildman–Crippen MR) is 76.1 cm³/mol. The number of carboxylic acids is 1. The van der Waals surface area contributed by atoms with Crippen LogP contribution in [0.1, 0.15) is 15.9 Å². The van der Waals surface area contributed by atoms with E-state index in [2.05, 4.69) is 0 Å². The lowest BCUT2D eigenvalue weighted by Gasteiger charge is -2.14. The molecule has 0 aliphatic heterocycles. The van der Waals surface area contributed by atoms with Gasteiger partial charge < -0.3 is 14.6 Å². The topological polar surface area (TPSA) is 55.8 Å². The first kappa shape index (κ1) is 15.0. The molecule has 0 saturated carbocycles. The maximum Gasteiger partial charge on any atom is 0.335 e. The van der Waals surface area contributed by atoms with Crippen LogP contribution in [0.3, 0.4) is 0 Å². The van der Waals surface area contributed by atoms with E-state index in [1.165, 1.54) is 32.4 Å². The molecule has 4 nitrogen and oxygen atoms in total. The van der Waals surface area contributed by atoms with Gasteiger partial charge >= 0.3 is 5.97 Å². The van der Waals surface area contributed by atoms with Crippen molar-refractivity contribution in [2.45, 2.75) is 6.61 Å². The number of benzene rings is 2. The lowest BCUT2D eigenvalue weighted by Crippen LogP contribution is -2.01. The van der Waals surface area contributed by atoms with Crippen LogP contribution in [0, 0.1) is 5.82 Å². The van der Waals surface area contributed by atoms with E-state index in [0.717, 1.165) is 0 Å². The normalized spacial score (nSPS) is 10.4. The van der Waals surface area contributed by atoms with Crippen LogP contribution >= 0.6 is 0 Å². The fraction of sp³-hybridized carbons (Fsp3) is 0.188. The number of para-hydroxylation sites is 1. The van der Waals surface area contributed by atoms with Crippen molar-refractivity contribution >= 4 is 5.97 Å². The van der Waals surface area contributed by atoms with Gasteiger partial charge in [-0.2, -0.15) is 0 Å². The Morgan fingerprint density at radius 2 is 1.95 bits per heavy atom. The lowest BCUT2D eigenvalue weighted by molar-refractivity contribution is 0.0696.